The number of carboxylic acid groups (broad SMARTS) is 1. The lowest BCUT2D eigenvalue weighted by molar-refractivity contribution is -0.333. The smallest absolute Gasteiger partial charge is 0.325 e. The Morgan fingerprint density at radius 3 is 1.93 bits per heavy atom. The number of rotatable bonds is 14. The van der Waals surface area contributed by atoms with Crippen molar-refractivity contribution < 1.29 is 118 Å². The Labute approximate surface area is 591 Å². The standard InChI is InChI=1S/C67H79Cl2N9O24/c1-24(2)13-35(72-5)59(88)77-50-52(83)27-8-11-39(33(68)15-27)98-41-17-29-18-42(56(41)102-66-57(55(86)54(85)43(23-79)100-66)101-45-22-67(4,71)58(87)25(3)97-45)99-40-12-9-28(16-34(40)69)53(84)51-64(93)76-49(65(94)95)32-19-30(96-6)20-38(81)46(32)31-14-26(7-10-37(31)80)47(61(90)78-51)75-62(91)48(29)74-60(89)36(21-44(70)82)73-63(50)92/h7-12,14-20,24-25,35-36,43,45,47-55,57-58,64,66,72,76,79-81,83-87,93H,13,21-23,71H2,1-6H3,(H2,70,82)(H,73,92)(H,74,89)(H,75,91)(H,77,88)(H,78,90)(H,94,95)/t25-,35+,36-,43+,45-,47+,48+,49-,50?,51-,52+,53+,54+,55-,57+,58+,64+,66?,67-/m0/s1. The van der Waals surface area contributed by atoms with Gasteiger partial charge in [-0.15, -0.1) is 0 Å². The van der Waals surface area contributed by atoms with Gasteiger partial charge in [-0.25, -0.2) is 0 Å². The number of halogens is 2. The van der Waals surface area contributed by atoms with E-state index in [1.165, 1.54) is 58.3 Å². The Bertz CT molecular complexity index is 4040. The fraction of sp³-hybridized carbons (Fsp3) is 0.448. The topological polar surface area (TPSA) is 523 Å². The number of methoxy groups -OCH3 is 1. The van der Waals surface area contributed by atoms with Crippen molar-refractivity contribution in [2.75, 3.05) is 20.8 Å². The second-order valence-electron chi connectivity index (χ2n) is 26.0. The molecule has 12 rings (SSSR count). The Hall–Kier alpha value is -8.75. The summed E-state index contributed by atoms with van der Waals surface area (Å²) < 4.78 is 43.8. The largest absolute Gasteiger partial charge is 0.507 e. The molecule has 102 heavy (non-hydrogen) atoms. The highest BCUT2D eigenvalue weighted by Gasteiger charge is 2.51. The Balaban J connectivity index is 1.24. The molecule has 550 valence electrons. The molecule has 0 aromatic heterocycles. The number of fused-ring (bicyclic) bond motifs is 15. The third-order valence-electron chi connectivity index (χ3n) is 18.1. The zero-order valence-corrected chi connectivity index (χ0v) is 56.9. The van der Waals surface area contributed by atoms with E-state index in [1.807, 2.05) is 13.8 Å². The van der Waals surface area contributed by atoms with Crippen LogP contribution in [0.25, 0.3) is 11.1 Å². The first-order valence-corrected chi connectivity index (χ1v) is 32.9. The number of nitrogens with two attached hydrogens (primary N) is 2. The molecular weight excluding hydrogens is 1390 g/mol. The normalized spacial score (nSPS) is 30.0. The van der Waals surface area contributed by atoms with Gasteiger partial charge in [0.25, 0.3) is 0 Å². The number of aliphatic hydroxyl groups is 7. The summed E-state index contributed by atoms with van der Waals surface area (Å²) >= 11 is 14.2. The minimum atomic E-state index is -2.34. The maximum absolute atomic E-state index is 16.1. The number of carboxylic acids is 1. The number of carbonyl (C=O) groups is 7. The third-order valence-corrected chi connectivity index (χ3v) is 18.7. The van der Waals surface area contributed by atoms with E-state index in [2.05, 4.69) is 37.2 Å². The van der Waals surface area contributed by atoms with Crippen LogP contribution in [0, 0.1) is 5.92 Å². The minimum absolute atomic E-state index is 0.0905. The Morgan fingerprint density at radius 1 is 0.745 bits per heavy atom. The summed E-state index contributed by atoms with van der Waals surface area (Å²) in [5.74, 6) is -13.2. The maximum Gasteiger partial charge on any atom is 0.325 e. The molecule has 0 aliphatic carbocycles. The van der Waals surface area contributed by atoms with Gasteiger partial charge in [0.15, 0.2) is 23.9 Å². The summed E-state index contributed by atoms with van der Waals surface area (Å²) in [6, 6.07) is 0.923. The van der Waals surface area contributed by atoms with Gasteiger partial charge in [-0.3, -0.25) is 38.9 Å². The lowest BCUT2D eigenvalue weighted by atomic mass is 9.86. The number of hydrogen-bond acceptors (Lipinski definition) is 26. The number of nitrogens with one attached hydrogen (secondary N) is 7. The predicted molar refractivity (Wildman–Crippen MR) is 355 cm³/mol. The van der Waals surface area contributed by atoms with Gasteiger partial charge in [-0.05, 0) is 116 Å². The molecule has 7 aliphatic heterocycles. The number of aliphatic hydroxyl groups excluding tert-OH is 7. The summed E-state index contributed by atoms with van der Waals surface area (Å²) in [6.45, 7) is 5.70. The van der Waals surface area contributed by atoms with Gasteiger partial charge in [-0.2, -0.15) is 0 Å². The van der Waals surface area contributed by atoms with E-state index in [4.69, 9.17) is 67.8 Å². The fourth-order valence-electron chi connectivity index (χ4n) is 12.7. The highest BCUT2D eigenvalue weighted by molar-refractivity contribution is 6.32. The monoisotopic (exact) mass is 1460 g/mol. The van der Waals surface area contributed by atoms with E-state index in [1.54, 1.807) is 0 Å². The zero-order chi connectivity index (χ0) is 74.2. The van der Waals surface area contributed by atoms with Crippen molar-refractivity contribution in [1.82, 2.24) is 37.2 Å². The Morgan fingerprint density at radius 2 is 1.35 bits per heavy atom. The number of carbonyl (C=O) groups excluding carboxylic acids is 6. The molecule has 21 N–H and O–H groups in total. The number of phenolic OH excluding ortho intramolecular Hbond substituents is 2. The molecular formula is C67H79Cl2N9O24. The van der Waals surface area contributed by atoms with Gasteiger partial charge in [0.2, 0.25) is 47.5 Å². The average molecular weight is 1470 g/mol. The van der Waals surface area contributed by atoms with Gasteiger partial charge >= 0.3 is 5.97 Å². The number of benzene rings is 5. The zero-order valence-electron chi connectivity index (χ0n) is 55.4. The first-order chi connectivity index (χ1) is 48.2. The van der Waals surface area contributed by atoms with E-state index in [-0.39, 0.29) is 68.8 Å². The van der Waals surface area contributed by atoms with Crippen LogP contribution in [0.3, 0.4) is 0 Å². The molecule has 11 bridgehead atoms. The van der Waals surface area contributed by atoms with E-state index in [0.29, 0.717) is 0 Å². The second-order valence-corrected chi connectivity index (χ2v) is 26.9. The van der Waals surface area contributed by atoms with Crippen LogP contribution in [0.4, 0.5) is 0 Å². The van der Waals surface area contributed by atoms with Crippen LogP contribution in [0.2, 0.25) is 10.0 Å². The summed E-state index contributed by atoms with van der Waals surface area (Å²) in [5, 5.41) is 133. The molecule has 6 amide bonds. The molecule has 5 aromatic rings. The number of primary amides is 1. The SMILES string of the molecule is CN[C@H](CC(C)C)C(=O)NC1C(=O)N[C@@H](CC(N)=O)C(=O)N[C@H]2C(=O)N[C@H]3C(=O)N[C@@H]([C@H](O)c4ccc(c(Cl)c4)Oc4cc2cc(c4OC2O[C@H](CO)[C@@H](O)[C@H](O)[C@H]2O[C@H]2C[C@](C)(N)[C@H](O)[C@H](C)O2)Oc2ccc(cc2Cl)[C@H]1O)[C@@H](O)N[C@H](C(=O)O)c1cc(OC)cc(O)c1-c1cc3ccc1O. The second kappa shape index (κ2) is 31.1. The molecule has 0 spiro atoms. The fourth-order valence-corrected chi connectivity index (χ4v) is 13.2. The number of phenols is 2. The van der Waals surface area contributed by atoms with Crippen LogP contribution in [0.1, 0.15) is 105 Å². The molecule has 33 nitrogen and oxygen atoms in total. The van der Waals surface area contributed by atoms with Crippen molar-refractivity contribution in [3.05, 3.63) is 117 Å². The highest BCUT2D eigenvalue weighted by Crippen LogP contribution is 2.50. The number of ether oxygens (including phenoxy) is 7. The predicted octanol–water partition coefficient (Wildman–Crippen LogP) is 0.201. The van der Waals surface area contributed by atoms with E-state index < -0.39 is 215 Å². The van der Waals surface area contributed by atoms with Crippen molar-refractivity contribution in [3.63, 3.8) is 0 Å². The van der Waals surface area contributed by atoms with E-state index >= 15 is 14.4 Å². The molecule has 5 aromatic carbocycles. The van der Waals surface area contributed by atoms with Gasteiger partial charge in [0.05, 0.1) is 54.5 Å². The van der Waals surface area contributed by atoms with Crippen LogP contribution >= 0.6 is 23.2 Å². The first-order valence-electron chi connectivity index (χ1n) is 32.1. The van der Waals surface area contributed by atoms with Crippen LogP contribution in [-0.4, -0.2) is 198 Å². The number of aromatic hydroxyl groups is 2. The van der Waals surface area contributed by atoms with Crippen molar-refractivity contribution >= 4 is 64.6 Å². The summed E-state index contributed by atoms with van der Waals surface area (Å²) in [5.41, 5.74) is 8.66. The van der Waals surface area contributed by atoms with Gasteiger partial charge in [0.1, 0.15) is 95.7 Å². The van der Waals surface area contributed by atoms with Crippen LogP contribution in [0.5, 0.6) is 46.0 Å². The summed E-state index contributed by atoms with van der Waals surface area (Å²) in [7, 11) is 2.68. The summed E-state index contributed by atoms with van der Waals surface area (Å²) in [4.78, 5) is 102. The first kappa shape index (κ1) is 75.9. The molecule has 2 unspecified atom stereocenters. The van der Waals surface area contributed by atoms with Gasteiger partial charge < -0.3 is 128 Å². The number of hydrogen-bond donors (Lipinski definition) is 19. The number of amides is 6. The molecule has 0 saturated carbocycles. The minimum Gasteiger partial charge on any atom is -0.507 e. The van der Waals surface area contributed by atoms with Crippen LogP contribution in [0.15, 0.2) is 78.9 Å². The van der Waals surface area contributed by atoms with Crippen molar-refractivity contribution in [2.24, 2.45) is 17.4 Å². The molecule has 2 fully saturated rings. The van der Waals surface area contributed by atoms with Gasteiger partial charge in [-0.1, -0.05) is 55.2 Å². The van der Waals surface area contributed by atoms with Crippen molar-refractivity contribution in [3.8, 4) is 57.1 Å². The van der Waals surface area contributed by atoms with Crippen molar-refractivity contribution in [1.29, 1.82) is 0 Å². The maximum atomic E-state index is 16.1. The third kappa shape index (κ3) is 16.0. The summed E-state index contributed by atoms with van der Waals surface area (Å²) in [6.07, 6.45) is -20.6. The molecule has 2 saturated heterocycles. The highest BCUT2D eigenvalue weighted by atomic mass is 35.5. The lowest BCUT2D eigenvalue weighted by Gasteiger charge is -2.47. The number of aliphatic carboxylic acids is 1. The van der Waals surface area contributed by atoms with Gasteiger partial charge in [0, 0.05) is 29.2 Å². The lowest BCUT2D eigenvalue weighted by Crippen LogP contribution is -2.64. The van der Waals surface area contributed by atoms with E-state index in [0.717, 1.165) is 48.5 Å². The molecule has 19 atom stereocenters. The molecule has 0 radical (unpaired) electrons. The molecule has 35 heteroatoms. The van der Waals surface area contributed by atoms with E-state index in [9.17, 15) is 70.2 Å². The van der Waals surface area contributed by atoms with Crippen molar-refractivity contribution in [2.45, 2.75) is 162 Å². The van der Waals surface area contributed by atoms with Crippen LogP contribution in [-0.2, 0) is 47.8 Å². The van der Waals surface area contributed by atoms with Crippen LogP contribution < -0.4 is 67.6 Å². The quantitative estimate of drug-likeness (QED) is 0.0706. The molecule has 7 aliphatic rings. The number of likely N-dealkylation sites (N-methyl/N-ethyl adjacent to an activating group) is 1. The Kier molecular flexibility index (Phi) is 23.1. The molecule has 7 heterocycles. The average Bonchev–Trinajstić information content (AvgIpc) is 0.768.